The molecule has 20 heavy (non-hydrogen) atoms. The van der Waals surface area contributed by atoms with E-state index in [-0.39, 0.29) is 10.6 Å². The van der Waals surface area contributed by atoms with Crippen LogP contribution in [0.15, 0.2) is 29.3 Å². The zero-order valence-electron chi connectivity index (χ0n) is 11.8. The molecule has 0 amide bonds. The van der Waals surface area contributed by atoms with Gasteiger partial charge in [-0.05, 0) is 50.0 Å². The van der Waals surface area contributed by atoms with E-state index in [0.29, 0.717) is 12.0 Å². The lowest BCUT2D eigenvalue weighted by Gasteiger charge is -2.28. The summed E-state index contributed by atoms with van der Waals surface area (Å²) >= 11 is 0. The van der Waals surface area contributed by atoms with Crippen LogP contribution >= 0.6 is 0 Å². The molecule has 1 saturated carbocycles. The van der Waals surface area contributed by atoms with Crippen LogP contribution in [0.5, 0.6) is 0 Å². The van der Waals surface area contributed by atoms with Crippen molar-refractivity contribution in [2.45, 2.75) is 31.7 Å². The summed E-state index contributed by atoms with van der Waals surface area (Å²) in [7, 11) is 1.98. The van der Waals surface area contributed by atoms with Crippen LogP contribution in [-0.2, 0) is 0 Å². The van der Waals surface area contributed by atoms with E-state index < -0.39 is 0 Å². The Labute approximate surface area is 119 Å². The summed E-state index contributed by atoms with van der Waals surface area (Å²) in [5.41, 5.74) is 1.04. The summed E-state index contributed by atoms with van der Waals surface area (Å²) in [4.78, 5) is 14.9. The van der Waals surface area contributed by atoms with E-state index >= 15 is 0 Å². The molecular weight excluding hydrogens is 254 g/mol. The fourth-order valence-corrected chi connectivity index (χ4v) is 2.75. The molecule has 1 aliphatic carbocycles. The van der Waals surface area contributed by atoms with Crippen molar-refractivity contribution >= 4 is 11.9 Å². The Morgan fingerprint density at radius 3 is 2.70 bits per heavy atom. The summed E-state index contributed by atoms with van der Waals surface area (Å²) in [5, 5.41) is 13.8. The quantitative estimate of drug-likeness (QED) is 0.510. The van der Waals surface area contributed by atoms with Crippen molar-refractivity contribution < 1.29 is 4.92 Å². The van der Waals surface area contributed by atoms with Gasteiger partial charge in [-0.3, -0.25) is 15.1 Å². The van der Waals surface area contributed by atoms with Gasteiger partial charge < -0.3 is 5.32 Å². The molecule has 0 saturated heterocycles. The summed E-state index contributed by atoms with van der Waals surface area (Å²) in [6.45, 7) is 1.00. The topological polar surface area (TPSA) is 67.5 Å². The highest BCUT2D eigenvalue weighted by Gasteiger charge is 2.23. The van der Waals surface area contributed by atoms with Crippen LogP contribution in [0.3, 0.4) is 0 Å². The van der Waals surface area contributed by atoms with E-state index in [4.69, 9.17) is 4.99 Å². The van der Waals surface area contributed by atoms with Gasteiger partial charge in [0.1, 0.15) is 0 Å². The standard InChI is InChI=1S/C15H21N3O2/c1-16-11-13-4-2-3-5-15(13)17-10-12-6-8-14(9-7-12)18(19)20/h6-10,13,15-16H,2-5,11H2,1H3/t13-,15+/m1/s1. The van der Waals surface area contributed by atoms with Crippen molar-refractivity contribution in [3.63, 3.8) is 0 Å². The minimum absolute atomic E-state index is 0.118. The van der Waals surface area contributed by atoms with Gasteiger partial charge in [0.05, 0.1) is 11.0 Å². The smallest absolute Gasteiger partial charge is 0.269 e. The highest BCUT2D eigenvalue weighted by atomic mass is 16.6. The number of benzene rings is 1. The molecule has 0 aromatic heterocycles. The van der Waals surface area contributed by atoms with Crippen molar-refractivity contribution in [2.75, 3.05) is 13.6 Å². The molecule has 1 N–H and O–H groups in total. The molecule has 0 heterocycles. The number of nitro benzene ring substituents is 1. The fourth-order valence-electron chi connectivity index (χ4n) is 2.75. The first-order valence-electron chi connectivity index (χ1n) is 7.13. The molecule has 0 aliphatic heterocycles. The SMILES string of the molecule is CNC[C@H]1CCCC[C@@H]1N=Cc1ccc([N+](=O)[O-])cc1. The van der Waals surface area contributed by atoms with Gasteiger partial charge >= 0.3 is 0 Å². The molecule has 5 heteroatoms. The Kier molecular flexibility index (Phi) is 5.24. The predicted molar refractivity (Wildman–Crippen MR) is 80.4 cm³/mol. The third kappa shape index (κ3) is 3.87. The monoisotopic (exact) mass is 275 g/mol. The maximum Gasteiger partial charge on any atom is 0.269 e. The predicted octanol–water partition coefficient (Wildman–Crippen LogP) is 2.79. The second kappa shape index (κ2) is 7.14. The number of nitro groups is 1. The van der Waals surface area contributed by atoms with Gasteiger partial charge in [-0.2, -0.15) is 0 Å². The lowest BCUT2D eigenvalue weighted by molar-refractivity contribution is -0.384. The fraction of sp³-hybridized carbons (Fsp3) is 0.533. The second-order valence-electron chi connectivity index (χ2n) is 5.30. The van der Waals surface area contributed by atoms with Crippen molar-refractivity contribution in [3.8, 4) is 0 Å². The number of aliphatic imine (C=N–C) groups is 1. The van der Waals surface area contributed by atoms with Crippen molar-refractivity contribution in [1.82, 2.24) is 5.32 Å². The zero-order valence-corrected chi connectivity index (χ0v) is 11.8. The highest BCUT2D eigenvalue weighted by molar-refractivity contribution is 5.80. The van der Waals surface area contributed by atoms with Gasteiger partial charge in [-0.25, -0.2) is 0 Å². The van der Waals surface area contributed by atoms with Crippen LogP contribution in [-0.4, -0.2) is 30.8 Å². The minimum atomic E-state index is -0.384. The van der Waals surface area contributed by atoms with Gasteiger partial charge in [-0.15, -0.1) is 0 Å². The van der Waals surface area contributed by atoms with Gasteiger partial charge in [-0.1, -0.05) is 12.8 Å². The average Bonchev–Trinajstić information content (AvgIpc) is 2.47. The lowest BCUT2D eigenvalue weighted by Crippen LogP contribution is -2.31. The van der Waals surface area contributed by atoms with Crippen LogP contribution in [0.1, 0.15) is 31.2 Å². The third-order valence-electron chi connectivity index (χ3n) is 3.85. The average molecular weight is 275 g/mol. The molecule has 2 atom stereocenters. The molecular formula is C15H21N3O2. The molecule has 0 spiro atoms. The Hall–Kier alpha value is -1.75. The van der Waals surface area contributed by atoms with E-state index in [9.17, 15) is 10.1 Å². The number of nitrogens with one attached hydrogen (secondary N) is 1. The van der Waals surface area contributed by atoms with Crippen LogP contribution in [0.4, 0.5) is 5.69 Å². The number of rotatable bonds is 5. The van der Waals surface area contributed by atoms with E-state index in [0.717, 1.165) is 18.5 Å². The summed E-state index contributed by atoms with van der Waals surface area (Å²) in [6, 6.07) is 6.90. The lowest BCUT2D eigenvalue weighted by atomic mass is 9.85. The first-order valence-corrected chi connectivity index (χ1v) is 7.13. The Bertz CT molecular complexity index is 469. The first kappa shape index (κ1) is 14.7. The molecule has 1 aliphatic rings. The van der Waals surface area contributed by atoms with E-state index in [1.54, 1.807) is 12.1 Å². The van der Waals surface area contributed by atoms with Crippen LogP contribution < -0.4 is 5.32 Å². The summed E-state index contributed by atoms with van der Waals surface area (Å²) in [6.07, 6.45) is 6.74. The second-order valence-corrected chi connectivity index (χ2v) is 5.30. The molecule has 5 nitrogen and oxygen atoms in total. The summed E-state index contributed by atoms with van der Waals surface area (Å²) in [5.74, 6) is 0.600. The summed E-state index contributed by atoms with van der Waals surface area (Å²) < 4.78 is 0. The molecule has 0 bridgehead atoms. The van der Waals surface area contributed by atoms with Crippen molar-refractivity contribution in [3.05, 3.63) is 39.9 Å². The maximum absolute atomic E-state index is 10.6. The van der Waals surface area contributed by atoms with Crippen LogP contribution in [0.2, 0.25) is 0 Å². The van der Waals surface area contributed by atoms with Crippen molar-refractivity contribution in [1.29, 1.82) is 0 Å². The number of hydrogen-bond donors (Lipinski definition) is 1. The number of hydrogen-bond acceptors (Lipinski definition) is 4. The Morgan fingerprint density at radius 1 is 1.35 bits per heavy atom. The van der Waals surface area contributed by atoms with Gasteiger partial charge in [0.25, 0.3) is 5.69 Å². The van der Waals surface area contributed by atoms with Crippen LogP contribution in [0, 0.1) is 16.0 Å². The minimum Gasteiger partial charge on any atom is -0.319 e. The van der Waals surface area contributed by atoms with Gasteiger partial charge in [0.15, 0.2) is 0 Å². The number of nitrogens with zero attached hydrogens (tertiary/aromatic N) is 2. The van der Waals surface area contributed by atoms with E-state index in [2.05, 4.69) is 5.32 Å². The third-order valence-corrected chi connectivity index (χ3v) is 3.85. The number of non-ortho nitro benzene ring substituents is 1. The van der Waals surface area contributed by atoms with Crippen molar-refractivity contribution in [2.24, 2.45) is 10.9 Å². The molecule has 2 rings (SSSR count). The molecule has 1 aromatic rings. The van der Waals surface area contributed by atoms with E-state index in [1.807, 2.05) is 13.3 Å². The normalized spacial score (nSPS) is 23.1. The zero-order chi connectivity index (χ0) is 14.4. The molecule has 108 valence electrons. The highest BCUT2D eigenvalue weighted by Crippen LogP contribution is 2.26. The first-order chi connectivity index (χ1) is 9.70. The van der Waals surface area contributed by atoms with Gasteiger partial charge in [0, 0.05) is 18.3 Å². The molecule has 0 radical (unpaired) electrons. The molecule has 1 fully saturated rings. The Balaban J connectivity index is 2.01. The van der Waals surface area contributed by atoms with E-state index in [1.165, 1.54) is 31.4 Å². The largest absolute Gasteiger partial charge is 0.319 e. The molecule has 1 aromatic carbocycles. The van der Waals surface area contributed by atoms with Gasteiger partial charge in [0.2, 0.25) is 0 Å². The van der Waals surface area contributed by atoms with Crippen LogP contribution in [0.25, 0.3) is 0 Å². The molecule has 0 unspecified atom stereocenters. The maximum atomic E-state index is 10.6. The Morgan fingerprint density at radius 2 is 2.05 bits per heavy atom.